The summed E-state index contributed by atoms with van der Waals surface area (Å²) in [5, 5.41) is 4.44. The fourth-order valence-electron chi connectivity index (χ4n) is 3.64. The van der Waals surface area contributed by atoms with Gasteiger partial charge < -0.3 is 9.47 Å². The van der Waals surface area contributed by atoms with Crippen molar-refractivity contribution < 1.29 is 4.79 Å². The summed E-state index contributed by atoms with van der Waals surface area (Å²) in [6, 6.07) is 7.77. The lowest BCUT2D eigenvalue weighted by Gasteiger charge is -2.27. The molecule has 0 spiro atoms. The standard InChI is InChI=1S/C20H19N7O/c1-14-7-17-12-25(5-6-27(17)24-14)20(28)16-8-18-19(22-10-16)26(13-23-18)11-15-3-2-4-21-9-15/h2-4,7-10,13H,5-6,11-12H2,1H3. The molecule has 5 heterocycles. The van der Waals surface area contributed by atoms with Crippen LogP contribution in [0.1, 0.15) is 27.3 Å². The topological polar surface area (TPSA) is 81.7 Å². The number of hydrogen-bond donors (Lipinski definition) is 0. The van der Waals surface area contributed by atoms with Crippen molar-refractivity contribution in [1.29, 1.82) is 0 Å². The lowest BCUT2D eigenvalue weighted by molar-refractivity contribution is 0.0706. The van der Waals surface area contributed by atoms with Crippen LogP contribution in [0.2, 0.25) is 0 Å². The smallest absolute Gasteiger partial charge is 0.255 e. The van der Waals surface area contributed by atoms with Crippen LogP contribution in [0.5, 0.6) is 0 Å². The van der Waals surface area contributed by atoms with Crippen molar-refractivity contribution in [2.45, 2.75) is 26.6 Å². The Morgan fingerprint density at radius 2 is 2.11 bits per heavy atom. The van der Waals surface area contributed by atoms with E-state index < -0.39 is 0 Å². The Balaban J connectivity index is 1.39. The highest BCUT2D eigenvalue weighted by Crippen LogP contribution is 2.18. The summed E-state index contributed by atoms with van der Waals surface area (Å²) >= 11 is 0. The Bertz CT molecular complexity index is 1160. The Kier molecular flexibility index (Phi) is 3.89. The van der Waals surface area contributed by atoms with E-state index in [0.717, 1.165) is 22.6 Å². The number of aryl methyl sites for hydroxylation is 1. The van der Waals surface area contributed by atoms with Crippen molar-refractivity contribution >= 4 is 17.1 Å². The first kappa shape index (κ1) is 16.6. The molecule has 0 unspecified atom stereocenters. The van der Waals surface area contributed by atoms with Gasteiger partial charge in [-0.2, -0.15) is 5.10 Å². The zero-order valence-corrected chi connectivity index (χ0v) is 15.5. The van der Waals surface area contributed by atoms with Crippen LogP contribution in [-0.4, -0.2) is 46.7 Å². The molecule has 0 fully saturated rings. The SMILES string of the molecule is Cc1cc2n(n1)CCN(C(=O)c1cnc3c(c1)ncn3Cc1cccnc1)C2. The summed E-state index contributed by atoms with van der Waals surface area (Å²) in [5.74, 6) is -0.0266. The predicted molar refractivity (Wildman–Crippen MR) is 103 cm³/mol. The number of carbonyl (C=O) groups excluding carboxylic acids is 1. The Morgan fingerprint density at radius 1 is 1.18 bits per heavy atom. The number of aromatic nitrogens is 6. The second-order valence-corrected chi connectivity index (χ2v) is 7.03. The molecule has 0 bridgehead atoms. The zero-order chi connectivity index (χ0) is 19.1. The molecule has 1 aliphatic heterocycles. The van der Waals surface area contributed by atoms with Crippen molar-refractivity contribution in [3.63, 3.8) is 0 Å². The van der Waals surface area contributed by atoms with Gasteiger partial charge in [0, 0.05) is 25.1 Å². The van der Waals surface area contributed by atoms with Gasteiger partial charge in [-0.15, -0.1) is 0 Å². The van der Waals surface area contributed by atoms with Crippen LogP contribution < -0.4 is 0 Å². The Hall–Kier alpha value is -3.55. The molecule has 0 N–H and O–H groups in total. The Morgan fingerprint density at radius 3 is 2.96 bits per heavy atom. The van der Waals surface area contributed by atoms with Crippen LogP contribution in [0, 0.1) is 6.92 Å². The van der Waals surface area contributed by atoms with Crippen molar-refractivity contribution in [3.8, 4) is 0 Å². The summed E-state index contributed by atoms with van der Waals surface area (Å²) < 4.78 is 3.93. The minimum atomic E-state index is -0.0266. The van der Waals surface area contributed by atoms with E-state index in [1.165, 1.54) is 0 Å². The second kappa shape index (κ2) is 6.56. The first-order chi connectivity index (χ1) is 13.7. The highest BCUT2D eigenvalue weighted by molar-refractivity contribution is 5.96. The molecule has 8 nitrogen and oxygen atoms in total. The third-order valence-corrected chi connectivity index (χ3v) is 4.99. The van der Waals surface area contributed by atoms with Crippen molar-refractivity contribution in [1.82, 2.24) is 34.2 Å². The summed E-state index contributed by atoms with van der Waals surface area (Å²) in [6.45, 7) is 4.52. The monoisotopic (exact) mass is 373 g/mol. The molecule has 28 heavy (non-hydrogen) atoms. The van der Waals surface area contributed by atoms with Gasteiger partial charge in [0.25, 0.3) is 5.91 Å². The molecule has 0 saturated carbocycles. The average Bonchev–Trinajstić information content (AvgIpc) is 3.29. The largest absolute Gasteiger partial charge is 0.331 e. The van der Waals surface area contributed by atoms with Gasteiger partial charge >= 0.3 is 0 Å². The van der Waals surface area contributed by atoms with Gasteiger partial charge in [0.15, 0.2) is 5.65 Å². The molecule has 5 rings (SSSR count). The van der Waals surface area contributed by atoms with Crippen molar-refractivity contribution in [2.24, 2.45) is 0 Å². The molecular weight excluding hydrogens is 354 g/mol. The van der Waals surface area contributed by atoms with E-state index in [0.29, 0.717) is 37.3 Å². The average molecular weight is 373 g/mol. The number of hydrogen-bond acceptors (Lipinski definition) is 5. The second-order valence-electron chi connectivity index (χ2n) is 7.03. The molecule has 0 radical (unpaired) electrons. The first-order valence-electron chi connectivity index (χ1n) is 9.20. The van der Waals surface area contributed by atoms with Crippen molar-refractivity contribution in [2.75, 3.05) is 6.54 Å². The van der Waals surface area contributed by atoms with Gasteiger partial charge in [-0.1, -0.05) is 6.07 Å². The Labute approximate surface area is 161 Å². The lowest BCUT2D eigenvalue weighted by atomic mass is 10.2. The van der Waals surface area contributed by atoms with E-state index in [2.05, 4.69) is 20.1 Å². The number of fused-ring (bicyclic) bond motifs is 2. The van der Waals surface area contributed by atoms with E-state index >= 15 is 0 Å². The first-order valence-corrected chi connectivity index (χ1v) is 9.20. The molecule has 1 aliphatic rings. The van der Waals surface area contributed by atoms with Crippen LogP contribution in [0.15, 0.2) is 49.2 Å². The van der Waals surface area contributed by atoms with Gasteiger partial charge in [-0.05, 0) is 30.7 Å². The summed E-state index contributed by atoms with van der Waals surface area (Å²) in [5.41, 5.74) is 5.15. The third kappa shape index (κ3) is 2.92. The lowest BCUT2D eigenvalue weighted by Crippen LogP contribution is -2.38. The van der Waals surface area contributed by atoms with Gasteiger partial charge in [-0.3, -0.25) is 14.5 Å². The normalized spacial score (nSPS) is 13.7. The summed E-state index contributed by atoms with van der Waals surface area (Å²) in [7, 11) is 0. The fourth-order valence-corrected chi connectivity index (χ4v) is 3.64. The third-order valence-electron chi connectivity index (χ3n) is 4.99. The molecule has 1 amide bonds. The number of pyridine rings is 2. The van der Waals surface area contributed by atoms with E-state index in [-0.39, 0.29) is 5.91 Å². The van der Waals surface area contributed by atoms with Gasteiger partial charge in [0.2, 0.25) is 0 Å². The van der Waals surface area contributed by atoms with Crippen LogP contribution in [-0.2, 0) is 19.6 Å². The maximum Gasteiger partial charge on any atom is 0.255 e. The fraction of sp³-hybridized carbons (Fsp3) is 0.250. The van der Waals surface area contributed by atoms with E-state index in [9.17, 15) is 4.79 Å². The number of imidazole rings is 1. The number of amides is 1. The van der Waals surface area contributed by atoms with Crippen LogP contribution in [0.25, 0.3) is 11.2 Å². The molecule has 4 aromatic rings. The molecule has 4 aromatic heterocycles. The quantitative estimate of drug-likeness (QED) is 0.549. The predicted octanol–water partition coefficient (Wildman–Crippen LogP) is 2.04. The molecule has 0 atom stereocenters. The number of carbonyl (C=O) groups is 1. The molecule has 0 aliphatic carbocycles. The zero-order valence-electron chi connectivity index (χ0n) is 15.5. The molecule has 0 saturated heterocycles. The maximum atomic E-state index is 13.0. The molecule has 0 aromatic carbocycles. The van der Waals surface area contributed by atoms with Crippen LogP contribution >= 0.6 is 0 Å². The summed E-state index contributed by atoms with van der Waals surface area (Å²) in [6.07, 6.45) is 6.97. The van der Waals surface area contributed by atoms with E-state index in [1.807, 2.05) is 51.5 Å². The molecular formula is C20H19N7O. The van der Waals surface area contributed by atoms with E-state index in [4.69, 9.17) is 0 Å². The minimum absolute atomic E-state index is 0.0266. The van der Waals surface area contributed by atoms with Gasteiger partial charge in [0.1, 0.15) is 5.52 Å². The molecule has 8 heteroatoms. The van der Waals surface area contributed by atoms with Gasteiger partial charge in [0.05, 0.1) is 42.9 Å². The highest BCUT2D eigenvalue weighted by Gasteiger charge is 2.23. The number of rotatable bonds is 3. The highest BCUT2D eigenvalue weighted by atomic mass is 16.2. The van der Waals surface area contributed by atoms with Crippen LogP contribution in [0.3, 0.4) is 0 Å². The van der Waals surface area contributed by atoms with Crippen molar-refractivity contribution in [3.05, 3.63) is 71.7 Å². The summed E-state index contributed by atoms with van der Waals surface area (Å²) in [4.78, 5) is 27.9. The maximum absolute atomic E-state index is 13.0. The number of nitrogens with zero attached hydrogens (tertiary/aromatic N) is 7. The van der Waals surface area contributed by atoms with Crippen LogP contribution in [0.4, 0.5) is 0 Å². The van der Waals surface area contributed by atoms with E-state index in [1.54, 1.807) is 18.7 Å². The van der Waals surface area contributed by atoms with Gasteiger partial charge in [-0.25, -0.2) is 9.97 Å². The minimum Gasteiger partial charge on any atom is -0.331 e. The molecule has 140 valence electrons.